The van der Waals surface area contributed by atoms with Crippen molar-refractivity contribution in [1.29, 1.82) is 0 Å². The van der Waals surface area contributed by atoms with Gasteiger partial charge in [-0.3, -0.25) is 0 Å². The average Bonchev–Trinajstić information content (AvgIpc) is 2.67. The molecule has 1 N–H and O–H groups in total. The summed E-state index contributed by atoms with van der Waals surface area (Å²) in [6.45, 7) is 5.27. The Bertz CT molecular complexity index is 879. The van der Waals surface area contributed by atoms with Crippen molar-refractivity contribution < 1.29 is 4.74 Å². The molecular formula is C23H23Cl2NO. The van der Waals surface area contributed by atoms with E-state index in [1.165, 1.54) is 11.1 Å². The van der Waals surface area contributed by atoms with Crippen LogP contribution in [0.5, 0.6) is 5.75 Å². The van der Waals surface area contributed by atoms with Gasteiger partial charge in [0, 0.05) is 23.2 Å². The molecule has 0 fully saturated rings. The summed E-state index contributed by atoms with van der Waals surface area (Å²) in [5.41, 5.74) is 4.50. The van der Waals surface area contributed by atoms with Gasteiger partial charge >= 0.3 is 0 Å². The Balaban J connectivity index is 1.73. The summed E-state index contributed by atoms with van der Waals surface area (Å²) in [4.78, 5) is 0. The zero-order valence-corrected chi connectivity index (χ0v) is 17.0. The number of hydrogen-bond donors (Lipinski definition) is 1. The molecule has 0 spiro atoms. The van der Waals surface area contributed by atoms with E-state index in [2.05, 4.69) is 55.6 Å². The van der Waals surface area contributed by atoms with Crippen molar-refractivity contribution in [3.63, 3.8) is 0 Å². The summed E-state index contributed by atoms with van der Waals surface area (Å²) in [6, 6.07) is 22.4. The van der Waals surface area contributed by atoms with Crippen LogP contribution in [0.3, 0.4) is 0 Å². The molecule has 0 unspecified atom stereocenters. The SMILES string of the molecule is Cc1ccc(COc2c(Cl)cc(Cl)cc2CN[C@H](C)c2ccccc2)cc1. The fourth-order valence-corrected chi connectivity index (χ4v) is 3.46. The molecule has 0 radical (unpaired) electrons. The lowest BCUT2D eigenvalue weighted by atomic mass is 10.1. The third kappa shape index (κ3) is 5.49. The molecule has 0 aliphatic carbocycles. The molecule has 0 aliphatic heterocycles. The van der Waals surface area contributed by atoms with Gasteiger partial charge in [-0.15, -0.1) is 0 Å². The molecule has 0 aromatic heterocycles. The van der Waals surface area contributed by atoms with Crippen molar-refractivity contribution in [2.45, 2.75) is 33.0 Å². The zero-order chi connectivity index (χ0) is 19.2. The zero-order valence-electron chi connectivity index (χ0n) is 15.5. The van der Waals surface area contributed by atoms with Crippen LogP contribution in [0.2, 0.25) is 10.0 Å². The summed E-state index contributed by atoms with van der Waals surface area (Å²) >= 11 is 12.6. The second-order valence-electron chi connectivity index (χ2n) is 6.66. The van der Waals surface area contributed by atoms with Gasteiger partial charge in [0.25, 0.3) is 0 Å². The van der Waals surface area contributed by atoms with Crippen molar-refractivity contribution in [3.05, 3.63) is 99.0 Å². The van der Waals surface area contributed by atoms with Crippen LogP contribution < -0.4 is 10.1 Å². The molecule has 140 valence electrons. The number of hydrogen-bond acceptors (Lipinski definition) is 2. The minimum Gasteiger partial charge on any atom is -0.487 e. The third-order valence-corrected chi connectivity index (χ3v) is 4.99. The van der Waals surface area contributed by atoms with Crippen LogP contribution in [0.4, 0.5) is 0 Å². The number of aryl methyl sites for hydroxylation is 1. The lowest BCUT2D eigenvalue weighted by molar-refractivity contribution is 0.302. The summed E-state index contributed by atoms with van der Waals surface area (Å²) in [5.74, 6) is 0.675. The summed E-state index contributed by atoms with van der Waals surface area (Å²) in [5, 5.41) is 4.65. The molecule has 4 heteroatoms. The van der Waals surface area contributed by atoms with Crippen LogP contribution in [0, 0.1) is 6.92 Å². The Morgan fingerprint density at radius 3 is 2.37 bits per heavy atom. The highest BCUT2D eigenvalue weighted by Crippen LogP contribution is 2.33. The number of rotatable bonds is 7. The van der Waals surface area contributed by atoms with Gasteiger partial charge in [-0.05, 0) is 37.1 Å². The van der Waals surface area contributed by atoms with Gasteiger partial charge in [0.05, 0.1) is 5.02 Å². The fraction of sp³-hybridized carbons (Fsp3) is 0.217. The predicted octanol–water partition coefficient (Wildman–Crippen LogP) is 6.73. The standard InChI is InChI=1S/C23H23Cl2NO/c1-16-8-10-18(11-9-16)15-27-23-20(12-21(24)13-22(23)25)14-26-17(2)19-6-4-3-5-7-19/h3-13,17,26H,14-15H2,1-2H3/t17-/m1/s1. The molecule has 2 nitrogen and oxygen atoms in total. The Hall–Kier alpha value is -2.00. The van der Waals surface area contributed by atoms with Crippen LogP contribution >= 0.6 is 23.2 Å². The van der Waals surface area contributed by atoms with E-state index in [9.17, 15) is 0 Å². The summed E-state index contributed by atoms with van der Waals surface area (Å²) in [6.07, 6.45) is 0. The Labute approximate surface area is 171 Å². The maximum atomic E-state index is 6.42. The van der Waals surface area contributed by atoms with E-state index in [0.717, 1.165) is 11.1 Å². The quantitative estimate of drug-likeness (QED) is 0.475. The van der Waals surface area contributed by atoms with E-state index >= 15 is 0 Å². The highest BCUT2D eigenvalue weighted by molar-refractivity contribution is 6.35. The molecule has 3 aromatic carbocycles. The van der Waals surface area contributed by atoms with Crippen molar-refractivity contribution in [2.75, 3.05) is 0 Å². The van der Waals surface area contributed by atoms with Crippen molar-refractivity contribution >= 4 is 23.2 Å². The van der Waals surface area contributed by atoms with Crippen molar-refractivity contribution in [2.24, 2.45) is 0 Å². The number of ether oxygens (including phenoxy) is 1. The maximum absolute atomic E-state index is 6.42. The number of benzene rings is 3. The van der Waals surface area contributed by atoms with Crippen LogP contribution in [-0.4, -0.2) is 0 Å². The van der Waals surface area contributed by atoms with Crippen LogP contribution in [-0.2, 0) is 13.2 Å². The average molecular weight is 400 g/mol. The molecule has 1 atom stereocenters. The van der Waals surface area contributed by atoms with E-state index in [4.69, 9.17) is 27.9 Å². The monoisotopic (exact) mass is 399 g/mol. The highest BCUT2D eigenvalue weighted by atomic mass is 35.5. The summed E-state index contributed by atoms with van der Waals surface area (Å²) < 4.78 is 6.06. The lowest BCUT2D eigenvalue weighted by Crippen LogP contribution is -2.18. The largest absolute Gasteiger partial charge is 0.487 e. The van der Waals surface area contributed by atoms with Crippen LogP contribution in [0.1, 0.15) is 35.2 Å². The molecular weight excluding hydrogens is 377 g/mol. The fourth-order valence-electron chi connectivity index (χ4n) is 2.87. The molecule has 0 heterocycles. The molecule has 0 amide bonds. The van der Waals surface area contributed by atoms with Gasteiger partial charge in [-0.2, -0.15) is 0 Å². The number of halogens is 2. The number of nitrogens with one attached hydrogen (secondary N) is 1. The van der Waals surface area contributed by atoms with Crippen molar-refractivity contribution in [1.82, 2.24) is 5.32 Å². The molecule has 3 rings (SSSR count). The van der Waals surface area contributed by atoms with Crippen LogP contribution in [0.25, 0.3) is 0 Å². The van der Waals surface area contributed by atoms with Gasteiger partial charge in [-0.25, -0.2) is 0 Å². The van der Waals surface area contributed by atoms with E-state index in [1.54, 1.807) is 6.07 Å². The first-order valence-electron chi connectivity index (χ1n) is 8.97. The minimum atomic E-state index is 0.203. The topological polar surface area (TPSA) is 21.3 Å². The van der Waals surface area contributed by atoms with Gasteiger partial charge in [0.15, 0.2) is 0 Å². The van der Waals surface area contributed by atoms with Gasteiger partial charge < -0.3 is 10.1 Å². The Morgan fingerprint density at radius 2 is 1.67 bits per heavy atom. The van der Waals surface area contributed by atoms with E-state index < -0.39 is 0 Å². The molecule has 3 aromatic rings. The second kappa shape index (κ2) is 9.27. The third-order valence-electron chi connectivity index (χ3n) is 4.49. The van der Waals surface area contributed by atoms with Crippen LogP contribution in [0.15, 0.2) is 66.7 Å². The molecule has 27 heavy (non-hydrogen) atoms. The van der Waals surface area contributed by atoms with Gasteiger partial charge in [0.1, 0.15) is 12.4 Å². The Morgan fingerprint density at radius 1 is 0.963 bits per heavy atom. The summed E-state index contributed by atoms with van der Waals surface area (Å²) in [7, 11) is 0. The minimum absolute atomic E-state index is 0.203. The van der Waals surface area contributed by atoms with E-state index in [-0.39, 0.29) is 6.04 Å². The van der Waals surface area contributed by atoms with E-state index in [0.29, 0.717) is 28.9 Å². The highest BCUT2D eigenvalue weighted by Gasteiger charge is 2.13. The maximum Gasteiger partial charge on any atom is 0.142 e. The van der Waals surface area contributed by atoms with E-state index in [1.807, 2.05) is 24.3 Å². The molecule has 0 aliphatic rings. The normalized spacial score (nSPS) is 12.0. The second-order valence-corrected chi connectivity index (χ2v) is 7.51. The molecule has 0 saturated heterocycles. The van der Waals surface area contributed by atoms with Gasteiger partial charge in [0.2, 0.25) is 0 Å². The smallest absolute Gasteiger partial charge is 0.142 e. The molecule has 0 bridgehead atoms. The first-order valence-corrected chi connectivity index (χ1v) is 9.73. The first kappa shape index (κ1) is 19.8. The molecule has 0 saturated carbocycles. The van der Waals surface area contributed by atoms with Crippen molar-refractivity contribution in [3.8, 4) is 5.75 Å². The Kier molecular flexibility index (Phi) is 6.78. The predicted molar refractivity (Wildman–Crippen MR) is 114 cm³/mol. The first-order chi connectivity index (χ1) is 13.0. The lowest BCUT2D eigenvalue weighted by Gasteiger charge is -2.18. The van der Waals surface area contributed by atoms with Gasteiger partial charge in [-0.1, -0.05) is 83.4 Å².